The molecule has 0 spiro atoms. The van der Waals surface area contributed by atoms with Crippen LogP contribution in [0.5, 0.6) is 0 Å². The van der Waals surface area contributed by atoms with Crippen LogP contribution in [-0.2, 0) is 24.0 Å². The van der Waals surface area contributed by atoms with Crippen LogP contribution in [-0.4, -0.2) is 20.1 Å². The molecule has 0 radical (unpaired) electrons. The molecule has 0 N–H and O–H groups in total. The van der Waals surface area contributed by atoms with Crippen LogP contribution in [0.2, 0.25) is 18.1 Å². The highest BCUT2D eigenvalue weighted by Gasteiger charge is 2.40. The van der Waals surface area contributed by atoms with Crippen LogP contribution in [0.1, 0.15) is 98.3 Å². The number of rotatable bonds is 8. The van der Waals surface area contributed by atoms with Gasteiger partial charge < -0.3 is 0 Å². The Morgan fingerprint density at radius 1 is 0.769 bits per heavy atom. The molecule has 1 aliphatic carbocycles. The zero-order chi connectivity index (χ0) is 19.3. The smallest absolute Gasteiger partial charge is 0.296 e. The summed E-state index contributed by atoms with van der Waals surface area (Å²) in [5.41, 5.74) is 0. The van der Waals surface area contributed by atoms with Crippen molar-refractivity contribution in [3.63, 3.8) is 0 Å². The Labute approximate surface area is 161 Å². The standard InChI is InChI=1S/C20H40O5Si/c1-5-26(6-2,7-3)25-24-20(23-22-19(4)21)17-15-13-11-9-8-10-12-14-16-18-20/h5-18H2,1-4H3. The fourth-order valence-electron chi connectivity index (χ4n) is 3.56. The van der Waals surface area contributed by atoms with E-state index in [1.54, 1.807) is 0 Å². The van der Waals surface area contributed by atoms with E-state index in [2.05, 4.69) is 20.8 Å². The van der Waals surface area contributed by atoms with Gasteiger partial charge in [0.15, 0.2) is 0 Å². The molecule has 1 aliphatic rings. The van der Waals surface area contributed by atoms with Gasteiger partial charge in [0, 0.05) is 19.8 Å². The van der Waals surface area contributed by atoms with Gasteiger partial charge in [-0.25, -0.2) is 9.68 Å². The molecule has 0 saturated heterocycles. The Bertz CT molecular complexity index is 364. The van der Waals surface area contributed by atoms with Crippen molar-refractivity contribution < 1.29 is 24.0 Å². The highest BCUT2D eigenvalue weighted by atomic mass is 28.4. The van der Waals surface area contributed by atoms with Gasteiger partial charge in [-0.15, -0.1) is 4.89 Å². The molecule has 0 heterocycles. The maximum Gasteiger partial charge on any atom is 0.339 e. The number of carbonyl (C=O) groups excluding carboxylic acids is 1. The van der Waals surface area contributed by atoms with E-state index in [4.69, 9.17) is 19.2 Å². The summed E-state index contributed by atoms with van der Waals surface area (Å²) in [5.74, 6) is -1.42. The van der Waals surface area contributed by atoms with Gasteiger partial charge in [-0.05, 0) is 31.0 Å². The molecule has 0 bridgehead atoms. The van der Waals surface area contributed by atoms with Gasteiger partial charge in [-0.3, -0.25) is 9.46 Å². The van der Waals surface area contributed by atoms with E-state index >= 15 is 0 Å². The third-order valence-corrected chi connectivity index (χ3v) is 10.0. The largest absolute Gasteiger partial charge is 0.339 e. The first-order valence-corrected chi connectivity index (χ1v) is 13.3. The van der Waals surface area contributed by atoms with Crippen LogP contribution >= 0.6 is 0 Å². The van der Waals surface area contributed by atoms with Crippen molar-refractivity contribution in [1.82, 2.24) is 0 Å². The summed E-state index contributed by atoms with van der Waals surface area (Å²) in [4.78, 5) is 27.9. The number of hydrogen-bond donors (Lipinski definition) is 0. The highest BCUT2D eigenvalue weighted by molar-refractivity contribution is 6.73. The van der Waals surface area contributed by atoms with Crippen molar-refractivity contribution in [1.29, 1.82) is 0 Å². The summed E-state index contributed by atoms with van der Waals surface area (Å²) in [6, 6.07) is 3.01. The van der Waals surface area contributed by atoms with Gasteiger partial charge in [0.05, 0.1) is 0 Å². The second-order valence-electron chi connectivity index (χ2n) is 7.66. The Balaban J connectivity index is 2.85. The monoisotopic (exact) mass is 388 g/mol. The van der Waals surface area contributed by atoms with Crippen LogP contribution in [0.3, 0.4) is 0 Å². The summed E-state index contributed by atoms with van der Waals surface area (Å²) in [7, 11) is -1.92. The molecule has 154 valence electrons. The van der Waals surface area contributed by atoms with Crippen molar-refractivity contribution in [2.45, 2.75) is 122 Å². The predicted octanol–water partition coefficient (Wildman–Crippen LogP) is 6.44. The average molecular weight is 389 g/mol. The Kier molecular flexibility index (Phi) is 11.7. The third kappa shape index (κ3) is 8.50. The van der Waals surface area contributed by atoms with E-state index in [0.717, 1.165) is 43.8 Å². The van der Waals surface area contributed by atoms with Crippen molar-refractivity contribution in [3.05, 3.63) is 0 Å². The van der Waals surface area contributed by atoms with E-state index in [0.29, 0.717) is 12.8 Å². The van der Waals surface area contributed by atoms with E-state index in [9.17, 15) is 4.79 Å². The Morgan fingerprint density at radius 3 is 1.58 bits per heavy atom. The fraction of sp³-hybridized carbons (Fsp3) is 0.950. The molecule has 0 unspecified atom stereocenters. The molecule has 0 aliphatic heterocycles. The van der Waals surface area contributed by atoms with Gasteiger partial charge in [0.2, 0.25) is 14.1 Å². The van der Waals surface area contributed by atoms with Crippen LogP contribution < -0.4 is 0 Å². The quantitative estimate of drug-likeness (QED) is 0.207. The van der Waals surface area contributed by atoms with E-state index in [1.807, 2.05) is 0 Å². The first kappa shape index (κ1) is 23.6. The molecule has 0 aromatic carbocycles. The Morgan fingerprint density at radius 2 is 1.19 bits per heavy atom. The number of carbonyl (C=O) groups is 1. The molecule has 6 heteroatoms. The van der Waals surface area contributed by atoms with Crippen LogP contribution in [0, 0.1) is 0 Å². The molecule has 0 aromatic rings. The van der Waals surface area contributed by atoms with Crippen LogP contribution in [0.15, 0.2) is 0 Å². The van der Waals surface area contributed by atoms with E-state index in [-0.39, 0.29) is 0 Å². The third-order valence-electron chi connectivity index (χ3n) is 5.73. The number of hydrogen-bond acceptors (Lipinski definition) is 5. The Hall–Kier alpha value is -0.433. The minimum absolute atomic E-state index is 0.455. The van der Waals surface area contributed by atoms with Crippen molar-refractivity contribution >= 4 is 14.3 Å². The van der Waals surface area contributed by atoms with Gasteiger partial charge in [-0.1, -0.05) is 65.7 Å². The van der Waals surface area contributed by atoms with Crippen molar-refractivity contribution in [2.24, 2.45) is 0 Å². The second-order valence-corrected chi connectivity index (χ2v) is 12.3. The van der Waals surface area contributed by atoms with Crippen LogP contribution in [0.4, 0.5) is 0 Å². The molecule has 1 saturated carbocycles. The molecule has 0 atom stereocenters. The lowest BCUT2D eigenvalue weighted by atomic mass is 9.97. The van der Waals surface area contributed by atoms with E-state index in [1.165, 1.54) is 39.0 Å². The molecule has 1 fully saturated rings. The minimum atomic E-state index is -1.92. The molecular weight excluding hydrogens is 348 g/mol. The lowest BCUT2D eigenvalue weighted by Gasteiger charge is -2.35. The normalized spacial score (nSPS) is 20.0. The van der Waals surface area contributed by atoms with Crippen molar-refractivity contribution in [3.8, 4) is 0 Å². The maximum absolute atomic E-state index is 11.3. The summed E-state index contributed by atoms with van der Waals surface area (Å²) < 4.78 is 6.10. The van der Waals surface area contributed by atoms with Crippen LogP contribution in [0.25, 0.3) is 0 Å². The molecule has 5 nitrogen and oxygen atoms in total. The second kappa shape index (κ2) is 12.9. The summed E-state index contributed by atoms with van der Waals surface area (Å²) in [6.07, 6.45) is 12.1. The molecule has 26 heavy (non-hydrogen) atoms. The average Bonchev–Trinajstić information content (AvgIpc) is 2.64. The molecule has 0 aromatic heterocycles. The lowest BCUT2D eigenvalue weighted by molar-refractivity contribution is -0.478. The first-order chi connectivity index (χ1) is 12.5. The summed E-state index contributed by atoms with van der Waals surface area (Å²) in [6.45, 7) is 7.86. The van der Waals surface area contributed by atoms with E-state index < -0.39 is 20.1 Å². The SMILES string of the molecule is CC[Si](CC)(CC)OOC1(OOC(C)=O)CCCCCCCCCCC1. The molecule has 1 rings (SSSR count). The predicted molar refractivity (Wildman–Crippen MR) is 106 cm³/mol. The first-order valence-electron chi connectivity index (χ1n) is 10.7. The van der Waals surface area contributed by atoms with Gasteiger partial charge in [0.25, 0.3) is 0 Å². The minimum Gasteiger partial charge on any atom is -0.296 e. The van der Waals surface area contributed by atoms with Gasteiger partial charge in [0.1, 0.15) is 0 Å². The maximum atomic E-state index is 11.3. The van der Waals surface area contributed by atoms with Crippen molar-refractivity contribution in [2.75, 3.05) is 0 Å². The fourth-order valence-corrected chi connectivity index (χ4v) is 5.74. The zero-order valence-electron chi connectivity index (χ0n) is 17.4. The topological polar surface area (TPSA) is 54.0 Å². The molecular formula is C20H40O5Si. The zero-order valence-corrected chi connectivity index (χ0v) is 18.4. The van der Waals surface area contributed by atoms with Gasteiger partial charge >= 0.3 is 5.97 Å². The molecule has 0 amide bonds. The summed E-state index contributed by atoms with van der Waals surface area (Å²) in [5, 5.41) is 0. The lowest BCUT2D eigenvalue weighted by Crippen LogP contribution is -2.44. The highest BCUT2D eigenvalue weighted by Crippen LogP contribution is 2.33. The summed E-state index contributed by atoms with van der Waals surface area (Å²) >= 11 is 0. The van der Waals surface area contributed by atoms with Gasteiger partial charge in [-0.2, -0.15) is 0 Å².